The van der Waals surface area contributed by atoms with Gasteiger partial charge >= 0.3 is 0 Å². The zero-order chi connectivity index (χ0) is 15.5. The topological polar surface area (TPSA) is 49.0 Å². The molecule has 3 rings (SSSR count). The number of fused-ring (bicyclic) bond motifs is 1. The lowest BCUT2D eigenvalue weighted by atomic mass is 10.2. The molecule has 4 nitrogen and oxygen atoms in total. The van der Waals surface area contributed by atoms with Crippen LogP contribution in [0, 0.1) is 0 Å². The number of hydrogen-bond acceptors (Lipinski definition) is 2. The molecule has 1 aromatic carbocycles. The summed E-state index contributed by atoms with van der Waals surface area (Å²) in [6.45, 7) is 0.652. The number of H-pyrrole nitrogens is 1. The van der Waals surface area contributed by atoms with Crippen molar-refractivity contribution in [3.63, 3.8) is 0 Å². The predicted octanol–water partition coefficient (Wildman–Crippen LogP) is 3.53. The highest BCUT2D eigenvalue weighted by Crippen LogP contribution is 2.20. The van der Waals surface area contributed by atoms with Gasteiger partial charge in [0.2, 0.25) is 0 Å². The van der Waals surface area contributed by atoms with Crippen molar-refractivity contribution < 1.29 is 4.79 Å². The quantitative estimate of drug-likeness (QED) is 0.801. The first-order valence-electron chi connectivity index (χ1n) is 7.06. The van der Waals surface area contributed by atoms with Crippen molar-refractivity contribution in [2.24, 2.45) is 0 Å². The number of rotatable bonds is 4. The minimum absolute atomic E-state index is 0.0265. The molecule has 0 fully saturated rings. The van der Waals surface area contributed by atoms with Crippen LogP contribution in [0.3, 0.4) is 0 Å². The number of pyridine rings is 1. The molecular formula is C17H16ClN3O. The van der Waals surface area contributed by atoms with Crippen LogP contribution >= 0.6 is 11.6 Å². The van der Waals surface area contributed by atoms with Crippen LogP contribution < -0.4 is 0 Å². The van der Waals surface area contributed by atoms with E-state index in [0.29, 0.717) is 17.3 Å². The predicted molar refractivity (Wildman–Crippen MR) is 88.2 cm³/mol. The molecule has 0 aliphatic heterocycles. The second kappa shape index (κ2) is 6.20. The van der Waals surface area contributed by atoms with Crippen LogP contribution in [0.25, 0.3) is 10.9 Å². The van der Waals surface area contributed by atoms with Gasteiger partial charge in [-0.25, -0.2) is 0 Å². The first kappa shape index (κ1) is 14.6. The number of aromatic amines is 1. The number of nitrogens with one attached hydrogen (secondary N) is 1. The van der Waals surface area contributed by atoms with Gasteiger partial charge < -0.3 is 9.88 Å². The van der Waals surface area contributed by atoms with E-state index in [2.05, 4.69) is 9.97 Å². The summed E-state index contributed by atoms with van der Waals surface area (Å²) in [6.07, 6.45) is 4.33. The number of carbonyl (C=O) groups excluding carboxylic acids is 1. The van der Waals surface area contributed by atoms with E-state index in [1.54, 1.807) is 17.3 Å². The van der Waals surface area contributed by atoms with Crippen LogP contribution in [0.4, 0.5) is 0 Å². The maximum Gasteiger partial charge on any atom is 0.270 e. The third-order valence-electron chi connectivity index (χ3n) is 3.65. The van der Waals surface area contributed by atoms with Crippen LogP contribution in [0.5, 0.6) is 0 Å². The Balaban J connectivity index is 1.71. The van der Waals surface area contributed by atoms with Gasteiger partial charge in [-0.15, -0.1) is 0 Å². The summed E-state index contributed by atoms with van der Waals surface area (Å²) in [7, 11) is 1.81. The second-order valence-corrected chi connectivity index (χ2v) is 5.68. The van der Waals surface area contributed by atoms with Gasteiger partial charge in [0.1, 0.15) is 5.69 Å². The van der Waals surface area contributed by atoms with Crippen molar-refractivity contribution >= 4 is 28.4 Å². The van der Waals surface area contributed by atoms with Crippen LogP contribution in [-0.4, -0.2) is 34.4 Å². The zero-order valence-electron chi connectivity index (χ0n) is 12.2. The van der Waals surface area contributed by atoms with Crippen molar-refractivity contribution in [1.82, 2.24) is 14.9 Å². The summed E-state index contributed by atoms with van der Waals surface area (Å²) in [5.74, 6) is -0.0265. The highest BCUT2D eigenvalue weighted by atomic mass is 35.5. The van der Waals surface area contributed by atoms with Gasteiger partial charge in [0.05, 0.1) is 0 Å². The van der Waals surface area contributed by atoms with E-state index < -0.39 is 0 Å². The van der Waals surface area contributed by atoms with Gasteiger partial charge in [0.25, 0.3) is 5.91 Å². The lowest BCUT2D eigenvalue weighted by molar-refractivity contribution is 0.0792. The minimum Gasteiger partial charge on any atom is -0.351 e. The minimum atomic E-state index is -0.0265. The number of aromatic nitrogens is 2. The Morgan fingerprint density at radius 3 is 2.77 bits per heavy atom. The Morgan fingerprint density at radius 1 is 1.23 bits per heavy atom. The fourth-order valence-electron chi connectivity index (χ4n) is 2.37. The molecular weight excluding hydrogens is 298 g/mol. The standard InChI is InChI=1S/C17H16ClN3O/c1-21(9-6-12-4-7-19-8-5-12)17(22)16-11-13-10-14(18)2-3-15(13)20-16/h2-5,7-8,10-11,20H,6,9H2,1H3. The highest BCUT2D eigenvalue weighted by Gasteiger charge is 2.14. The molecule has 22 heavy (non-hydrogen) atoms. The third-order valence-corrected chi connectivity index (χ3v) is 3.88. The molecule has 1 amide bonds. The normalized spacial score (nSPS) is 10.8. The molecule has 1 N–H and O–H groups in total. The van der Waals surface area contributed by atoms with E-state index in [4.69, 9.17) is 11.6 Å². The van der Waals surface area contributed by atoms with Crippen molar-refractivity contribution in [3.8, 4) is 0 Å². The van der Waals surface area contributed by atoms with Crippen LogP contribution in [0.1, 0.15) is 16.1 Å². The first-order chi connectivity index (χ1) is 10.6. The average molecular weight is 314 g/mol. The molecule has 0 radical (unpaired) electrons. The molecule has 0 saturated carbocycles. The number of benzene rings is 1. The molecule has 0 saturated heterocycles. The van der Waals surface area contributed by atoms with Gasteiger partial charge in [0.15, 0.2) is 0 Å². The third kappa shape index (κ3) is 3.12. The number of carbonyl (C=O) groups is 1. The number of hydrogen-bond donors (Lipinski definition) is 1. The summed E-state index contributed by atoms with van der Waals surface area (Å²) in [6, 6.07) is 11.3. The van der Waals surface area contributed by atoms with E-state index in [0.717, 1.165) is 22.9 Å². The monoisotopic (exact) mass is 313 g/mol. The molecule has 3 aromatic rings. The highest BCUT2D eigenvalue weighted by molar-refractivity contribution is 6.31. The molecule has 0 spiro atoms. The Hall–Kier alpha value is -2.33. The smallest absolute Gasteiger partial charge is 0.270 e. The van der Waals surface area contributed by atoms with Gasteiger partial charge in [-0.1, -0.05) is 11.6 Å². The Morgan fingerprint density at radius 2 is 2.00 bits per heavy atom. The van der Waals surface area contributed by atoms with Crippen molar-refractivity contribution in [3.05, 3.63) is 65.1 Å². The summed E-state index contributed by atoms with van der Waals surface area (Å²) in [5, 5.41) is 1.61. The average Bonchev–Trinajstić information content (AvgIpc) is 2.95. The van der Waals surface area contributed by atoms with Crippen LogP contribution in [0.2, 0.25) is 5.02 Å². The van der Waals surface area contributed by atoms with E-state index in [-0.39, 0.29) is 5.91 Å². The zero-order valence-corrected chi connectivity index (χ0v) is 13.0. The summed E-state index contributed by atoms with van der Waals surface area (Å²) < 4.78 is 0. The molecule has 0 aliphatic rings. The van der Waals surface area contributed by atoms with Gasteiger partial charge in [-0.2, -0.15) is 0 Å². The number of halogens is 1. The van der Waals surface area contributed by atoms with Crippen molar-refractivity contribution in [2.75, 3.05) is 13.6 Å². The summed E-state index contributed by atoms with van der Waals surface area (Å²) >= 11 is 5.97. The summed E-state index contributed by atoms with van der Waals surface area (Å²) in [4.78, 5) is 21.3. The van der Waals surface area contributed by atoms with Gasteiger partial charge in [-0.05, 0) is 48.4 Å². The maximum atomic E-state index is 12.5. The van der Waals surface area contributed by atoms with Crippen molar-refractivity contribution in [2.45, 2.75) is 6.42 Å². The molecule has 112 valence electrons. The Kier molecular flexibility index (Phi) is 4.11. The molecule has 0 unspecified atom stereocenters. The van der Waals surface area contributed by atoms with Crippen molar-refractivity contribution in [1.29, 1.82) is 0 Å². The first-order valence-corrected chi connectivity index (χ1v) is 7.44. The summed E-state index contributed by atoms with van der Waals surface area (Å²) in [5.41, 5.74) is 2.66. The van der Waals surface area contributed by atoms with Crippen LogP contribution in [-0.2, 0) is 6.42 Å². The molecule has 2 aromatic heterocycles. The molecule has 2 heterocycles. The van der Waals surface area contributed by atoms with Gasteiger partial charge in [-0.3, -0.25) is 9.78 Å². The largest absolute Gasteiger partial charge is 0.351 e. The lowest BCUT2D eigenvalue weighted by Gasteiger charge is -2.16. The fraction of sp³-hybridized carbons (Fsp3) is 0.176. The van der Waals surface area contributed by atoms with Gasteiger partial charge in [0, 0.05) is 41.9 Å². The lowest BCUT2D eigenvalue weighted by Crippen LogP contribution is -2.29. The van der Waals surface area contributed by atoms with E-state index in [9.17, 15) is 4.79 Å². The number of nitrogens with zero attached hydrogens (tertiary/aromatic N) is 2. The fourth-order valence-corrected chi connectivity index (χ4v) is 2.55. The number of likely N-dealkylation sites (N-methyl/N-ethyl adjacent to an activating group) is 1. The SMILES string of the molecule is CN(CCc1ccncc1)C(=O)c1cc2cc(Cl)ccc2[nH]1. The number of amides is 1. The molecule has 0 aliphatic carbocycles. The van der Waals surface area contributed by atoms with E-state index in [1.165, 1.54) is 0 Å². The van der Waals surface area contributed by atoms with E-state index in [1.807, 2.05) is 43.4 Å². The Labute approximate surface area is 133 Å². The van der Waals surface area contributed by atoms with Crippen LogP contribution in [0.15, 0.2) is 48.8 Å². The molecule has 5 heteroatoms. The molecule has 0 atom stereocenters. The van der Waals surface area contributed by atoms with E-state index >= 15 is 0 Å². The molecule has 0 bridgehead atoms. The Bertz CT molecular complexity index is 798. The second-order valence-electron chi connectivity index (χ2n) is 5.25. The maximum absolute atomic E-state index is 12.5.